The molecule has 114 valence electrons. The molecule has 7 nitrogen and oxygen atoms in total. The molecule has 1 rings (SSSR count). The van der Waals surface area contributed by atoms with Gasteiger partial charge in [0.25, 0.3) is 5.91 Å². The molecule has 0 aromatic carbocycles. The lowest BCUT2D eigenvalue weighted by Crippen LogP contribution is -2.42. The minimum atomic E-state index is -0.910. The average molecular weight is 285 g/mol. The molecule has 0 aromatic heterocycles. The van der Waals surface area contributed by atoms with Crippen LogP contribution in [-0.4, -0.2) is 52.6 Å². The predicted molar refractivity (Wildman–Crippen MR) is 72.8 cm³/mol. The van der Waals surface area contributed by atoms with E-state index in [0.29, 0.717) is 0 Å². The van der Waals surface area contributed by atoms with Crippen molar-refractivity contribution in [2.75, 3.05) is 13.2 Å². The summed E-state index contributed by atoms with van der Waals surface area (Å²) in [6.07, 6.45) is 0.0533. The van der Waals surface area contributed by atoms with Gasteiger partial charge in [0.2, 0.25) is 5.91 Å². The Balaban J connectivity index is 2.46. The second-order valence-electron chi connectivity index (χ2n) is 5.78. The Morgan fingerprint density at radius 3 is 2.45 bits per heavy atom. The van der Waals surface area contributed by atoms with E-state index in [0.717, 1.165) is 4.90 Å². The summed E-state index contributed by atoms with van der Waals surface area (Å²) < 4.78 is 0. The normalized spacial score (nSPS) is 20.6. The zero-order chi connectivity index (χ0) is 15.5. The standard InChI is InChI=1S/C13H23N3O4/c1-8(7-17)9(2)14-10(18)5-6-16-11(19)13(3,4)15-12(16)20/h8-9,17H,5-7H2,1-4H3,(H,14,18)(H,15,20). The lowest BCUT2D eigenvalue weighted by Gasteiger charge is -2.20. The van der Waals surface area contributed by atoms with E-state index >= 15 is 0 Å². The van der Waals surface area contributed by atoms with Gasteiger partial charge in [0.1, 0.15) is 5.54 Å². The number of aliphatic hydroxyl groups is 1. The third kappa shape index (κ3) is 3.69. The monoisotopic (exact) mass is 285 g/mol. The maximum Gasteiger partial charge on any atom is 0.325 e. The van der Waals surface area contributed by atoms with Crippen LogP contribution in [0.2, 0.25) is 0 Å². The first kappa shape index (κ1) is 16.4. The number of carbonyl (C=O) groups excluding carboxylic acids is 3. The summed E-state index contributed by atoms with van der Waals surface area (Å²) >= 11 is 0. The Morgan fingerprint density at radius 1 is 1.40 bits per heavy atom. The Morgan fingerprint density at radius 2 is 2.00 bits per heavy atom. The molecule has 20 heavy (non-hydrogen) atoms. The number of rotatable bonds is 6. The molecule has 0 radical (unpaired) electrons. The van der Waals surface area contributed by atoms with Crippen LogP contribution in [0.1, 0.15) is 34.1 Å². The predicted octanol–water partition coefficient (Wildman–Crippen LogP) is -0.160. The van der Waals surface area contributed by atoms with Crippen LogP contribution in [0.3, 0.4) is 0 Å². The maximum atomic E-state index is 11.9. The fourth-order valence-electron chi connectivity index (χ4n) is 1.86. The summed E-state index contributed by atoms with van der Waals surface area (Å²) in [5.74, 6) is -0.621. The van der Waals surface area contributed by atoms with Crippen molar-refractivity contribution in [3.8, 4) is 0 Å². The first-order valence-electron chi connectivity index (χ1n) is 6.73. The van der Waals surface area contributed by atoms with E-state index in [1.807, 2.05) is 6.92 Å². The number of imide groups is 1. The van der Waals surface area contributed by atoms with Gasteiger partial charge in [-0.15, -0.1) is 0 Å². The van der Waals surface area contributed by atoms with Crippen molar-refractivity contribution in [3.63, 3.8) is 0 Å². The van der Waals surface area contributed by atoms with Crippen molar-refractivity contribution < 1.29 is 19.5 Å². The summed E-state index contributed by atoms with van der Waals surface area (Å²) in [5.41, 5.74) is -0.910. The number of urea groups is 1. The highest BCUT2D eigenvalue weighted by atomic mass is 16.3. The van der Waals surface area contributed by atoms with Gasteiger partial charge in [-0.2, -0.15) is 0 Å². The summed E-state index contributed by atoms with van der Waals surface area (Å²) in [6.45, 7) is 6.92. The molecule has 1 heterocycles. The highest BCUT2D eigenvalue weighted by Gasteiger charge is 2.43. The first-order valence-corrected chi connectivity index (χ1v) is 6.73. The number of nitrogens with one attached hydrogen (secondary N) is 2. The lowest BCUT2D eigenvalue weighted by molar-refractivity contribution is -0.130. The molecule has 0 aliphatic carbocycles. The molecule has 0 bridgehead atoms. The fourth-order valence-corrected chi connectivity index (χ4v) is 1.86. The van der Waals surface area contributed by atoms with Gasteiger partial charge in [-0.05, 0) is 26.7 Å². The molecule has 3 N–H and O–H groups in total. The van der Waals surface area contributed by atoms with E-state index in [2.05, 4.69) is 10.6 Å². The molecular weight excluding hydrogens is 262 g/mol. The molecule has 1 aliphatic rings. The molecule has 2 atom stereocenters. The number of amides is 4. The Labute approximate surface area is 118 Å². The SMILES string of the molecule is CC(CO)C(C)NC(=O)CCN1C(=O)NC(C)(C)C1=O. The second kappa shape index (κ2) is 6.21. The van der Waals surface area contributed by atoms with Gasteiger partial charge >= 0.3 is 6.03 Å². The smallest absolute Gasteiger partial charge is 0.325 e. The minimum absolute atomic E-state index is 0.0113. The van der Waals surface area contributed by atoms with E-state index in [4.69, 9.17) is 5.11 Å². The first-order chi connectivity index (χ1) is 9.19. The number of carbonyl (C=O) groups is 3. The van der Waals surface area contributed by atoms with Crippen molar-refractivity contribution >= 4 is 17.8 Å². The fraction of sp³-hybridized carbons (Fsp3) is 0.769. The van der Waals surface area contributed by atoms with E-state index in [1.165, 1.54) is 0 Å². The van der Waals surface area contributed by atoms with Crippen molar-refractivity contribution in [3.05, 3.63) is 0 Å². The van der Waals surface area contributed by atoms with Crippen LogP contribution in [-0.2, 0) is 9.59 Å². The number of hydrogen-bond donors (Lipinski definition) is 3. The molecule has 0 aromatic rings. The average Bonchev–Trinajstić information content (AvgIpc) is 2.55. The van der Waals surface area contributed by atoms with Crippen LogP contribution in [0, 0.1) is 5.92 Å². The summed E-state index contributed by atoms with van der Waals surface area (Å²) in [4.78, 5) is 36.3. The van der Waals surface area contributed by atoms with E-state index < -0.39 is 11.6 Å². The van der Waals surface area contributed by atoms with Gasteiger partial charge in [0, 0.05) is 25.6 Å². The Hall–Kier alpha value is -1.63. The van der Waals surface area contributed by atoms with Crippen LogP contribution in [0.5, 0.6) is 0 Å². The van der Waals surface area contributed by atoms with E-state index in [9.17, 15) is 14.4 Å². The van der Waals surface area contributed by atoms with Gasteiger partial charge in [-0.1, -0.05) is 6.92 Å². The van der Waals surface area contributed by atoms with Crippen LogP contribution >= 0.6 is 0 Å². The largest absolute Gasteiger partial charge is 0.396 e. The van der Waals surface area contributed by atoms with Crippen LogP contribution < -0.4 is 10.6 Å². The van der Waals surface area contributed by atoms with Gasteiger partial charge in [-0.3, -0.25) is 14.5 Å². The molecule has 1 saturated heterocycles. The number of aliphatic hydroxyl groups excluding tert-OH is 1. The minimum Gasteiger partial charge on any atom is -0.396 e. The van der Waals surface area contributed by atoms with Crippen LogP contribution in [0.25, 0.3) is 0 Å². The topological polar surface area (TPSA) is 98.7 Å². The van der Waals surface area contributed by atoms with Gasteiger partial charge in [0.15, 0.2) is 0 Å². The number of hydrogen-bond acceptors (Lipinski definition) is 4. The van der Waals surface area contributed by atoms with Gasteiger partial charge < -0.3 is 15.7 Å². The molecule has 0 spiro atoms. The van der Waals surface area contributed by atoms with E-state index in [1.54, 1.807) is 20.8 Å². The van der Waals surface area contributed by atoms with E-state index in [-0.39, 0.29) is 43.3 Å². The third-order valence-corrected chi connectivity index (χ3v) is 3.54. The molecule has 1 fully saturated rings. The third-order valence-electron chi connectivity index (χ3n) is 3.54. The molecule has 4 amide bonds. The quantitative estimate of drug-likeness (QED) is 0.591. The van der Waals surface area contributed by atoms with Crippen molar-refractivity contribution in [1.29, 1.82) is 0 Å². The van der Waals surface area contributed by atoms with Crippen LogP contribution in [0.15, 0.2) is 0 Å². The molecular formula is C13H23N3O4. The summed E-state index contributed by atoms with van der Waals surface area (Å²) in [7, 11) is 0. The Kier molecular flexibility index (Phi) is 5.10. The Bertz CT molecular complexity index is 408. The molecule has 0 saturated carbocycles. The number of nitrogens with zero attached hydrogens (tertiary/aromatic N) is 1. The molecule has 1 aliphatic heterocycles. The van der Waals surface area contributed by atoms with Crippen molar-refractivity contribution in [2.24, 2.45) is 5.92 Å². The second-order valence-corrected chi connectivity index (χ2v) is 5.78. The summed E-state index contributed by atoms with van der Waals surface area (Å²) in [5, 5.41) is 14.3. The molecule has 7 heteroatoms. The highest BCUT2D eigenvalue weighted by Crippen LogP contribution is 2.16. The maximum absolute atomic E-state index is 11.9. The van der Waals surface area contributed by atoms with Gasteiger partial charge in [0.05, 0.1) is 0 Å². The van der Waals surface area contributed by atoms with Crippen LogP contribution in [0.4, 0.5) is 4.79 Å². The highest BCUT2D eigenvalue weighted by molar-refractivity contribution is 6.06. The zero-order valence-corrected chi connectivity index (χ0v) is 12.4. The summed E-state index contributed by atoms with van der Waals surface area (Å²) in [6, 6.07) is -0.628. The molecule has 2 unspecified atom stereocenters. The zero-order valence-electron chi connectivity index (χ0n) is 12.4. The van der Waals surface area contributed by atoms with Crippen molar-refractivity contribution in [2.45, 2.75) is 45.7 Å². The van der Waals surface area contributed by atoms with Crippen molar-refractivity contribution in [1.82, 2.24) is 15.5 Å². The van der Waals surface area contributed by atoms with Gasteiger partial charge in [-0.25, -0.2) is 4.79 Å². The lowest BCUT2D eigenvalue weighted by atomic mass is 10.1.